The Balaban J connectivity index is 0.857. The molecule has 20 nitrogen and oxygen atoms in total. The number of nitrogens with zero attached hydrogens (tertiary/aromatic N) is 12. The van der Waals surface area contributed by atoms with Crippen molar-refractivity contribution in [3.8, 4) is 34.4 Å². The summed E-state index contributed by atoms with van der Waals surface area (Å²) in [6.45, 7) is 3.82. The number of anilines is 6. The van der Waals surface area contributed by atoms with Crippen LogP contribution in [0, 0.1) is 25.2 Å². The third-order valence-corrected chi connectivity index (χ3v) is 12.9. The number of aromatic amines is 2. The number of carbonyl (C=O) groups excluding carboxylic acids is 2. The monoisotopic (exact) mass is 949 g/mol. The van der Waals surface area contributed by atoms with Crippen molar-refractivity contribution >= 4 is 68.5 Å². The van der Waals surface area contributed by atoms with Gasteiger partial charge in [-0.2, -0.15) is 9.83 Å². The van der Waals surface area contributed by atoms with Crippen molar-refractivity contribution < 1.29 is 14.2 Å². The Kier molecular flexibility index (Phi) is 10.6. The zero-order chi connectivity index (χ0) is 48.9. The minimum Gasteiger partial charge on any atom is -0.338 e. The molecule has 0 saturated heterocycles. The molecule has 9 aromatic heterocycles. The second-order valence-electron chi connectivity index (χ2n) is 17.8. The number of rotatable bonds is 13. The number of nitrogens with one attached hydrogen (secondary N) is 6. The van der Waals surface area contributed by atoms with E-state index in [1.165, 1.54) is 6.33 Å². The molecule has 2 fully saturated rings. The molecule has 0 aliphatic heterocycles. The van der Waals surface area contributed by atoms with Gasteiger partial charge in [0.05, 0.1) is 57.9 Å². The van der Waals surface area contributed by atoms with Crippen LogP contribution in [0.3, 0.4) is 0 Å². The van der Waals surface area contributed by atoms with Crippen molar-refractivity contribution in [2.45, 2.75) is 50.9 Å². The fourth-order valence-electron chi connectivity index (χ4n) is 8.62. The van der Waals surface area contributed by atoms with Crippen LogP contribution < -0.4 is 25.8 Å². The smallest absolute Gasteiger partial charge is 0.274 e. The van der Waals surface area contributed by atoms with Gasteiger partial charge >= 0.3 is 0 Å². The fraction of sp³-hybridized carbons (Fsp3) is 0.154. The van der Waals surface area contributed by atoms with Crippen LogP contribution in [0.25, 0.3) is 50.7 Å². The van der Waals surface area contributed by atoms with Crippen LogP contribution in [-0.2, 0) is 5.41 Å². The second-order valence-corrected chi connectivity index (χ2v) is 17.8. The number of hydrogen-bond acceptors (Lipinski definition) is 15. The van der Waals surface area contributed by atoms with E-state index in [2.05, 4.69) is 67.2 Å². The number of nitriles is 1. The van der Waals surface area contributed by atoms with Crippen LogP contribution in [0.15, 0.2) is 123 Å². The van der Waals surface area contributed by atoms with Gasteiger partial charge in [0.25, 0.3) is 11.8 Å². The molecule has 0 unspecified atom stereocenters. The number of aromatic nitrogens is 13. The molecule has 72 heavy (non-hydrogen) atoms. The highest BCUT2D eigenvalue weighted by Gasteiger charge is 2.46. The number of pyridine rings is 5. The number of aryl methyl sites for hydroxylation is 2. The molecular weight excluding hydrogens is 909 g/mol. The molecule has 20 heteroatoms. The Bertz CT molecular complexity index is 3850. The molecular formula is C52H41N18O2+. The number of amides is 2. The van der Waals surface area contributed by atoms with Gasteiger partial charge in [0.15, 0.2) is 22.7 Å². The van der Waals surface area contributed by atoms with Crippen LogP contribution >= 0.6 is 0 Å². The first kappa shape index (κ1) is 43.4. The van der Waals surface area contributed by atoms with Crippen molar-refractivity contribution in [1.29, 1.82) is 5.26 Å². The number of H-pyrrole nitrogens is 2. The molecule has 0 spiro atoms. The maximum absolute atomic E-state index is 13.5. The Morgan fingerprint density at radius 3 is 2.38 bits per heavy atom. The van der Waals surface area contributed by atoms with Gasteiger partial charge in [0.2, 0.25) is 17.8 Å². The van der Waals surface area contributed by atoms with E-state index >= 15 is 0 Å². The van der Waals surface area contributed by atoms with Crippen molar-refractivity contribution in [1.82, 2.24) is 59.8 Å². The zero-order valence-electron chi connectivity index (χ0n) is 38.6. The topological polar surface area (TPSA) is 270 Å². The lowest BCUT2D eigenvalue weighted by atomic mass is 10.0. The first-order valence-corrected chi connectivity index (χ1v) is 23.1. The van der Waals surface area contributed by atoms with E-state index < -0.39 is 5.41 Å². The third-order valence-electron chi connectivity index (χ3n) is 12.9. The van der Waals surface area contributed by atoms with Crippen LogP contribution in [-0.4, -0.2) is 71.6 Å². The highest BCUT2D eigenvalue weighted by atomic mass is 16.2. The highest BCUT2D eigenvalue weighted by molar-refractivity contribution is 6.05. The van der Waals surface area contributed by atoms with E-state index in [-0.39, 0.29) is 11.8 Å². The predicted octanol–water partition coefficient (Wildman–Crippen LogP) is 8.25. The Morgan fingerprint density at radius 2 is 1.51 bits per heavy atom. The van der Waals surface area contributed by atoms with Crippen LogP contribution in [0.1, 0.15) is 75.0 Å². The molecule has 9 heterocycles. The number of carbonyl (C=O) groups is 2. The first-order chi connectivity index (χ1) is 35.2. The minimum absolute atomic E-state index is 0.302. The SMILES string of the molecule is Cc1ccc(NC(=O)c2cc(C3CC3)ccn2)cc1Nc1nc(-[n+]2cnc(-c3cccnc3Nc3cc(NC(=O)c4ccnc(C5(C#N)CC5)c4)cnc3C)c3nc[nH]c32)ccc1-c1ncnc2[nH]cnc12. The third kappa shape index (κ3) is 8.19. The molecule has 12 rings (SSSR count). The largest absolute Gasteiger partial charge is 0.338 e. The molecule has 2 aliphatic rings. The number of imidazole rings is 2. The lowest BCUT2D eigenvalue weighted by Gasteiger charge is -2.15. The van der Waals surface area contributed by atoms with Crippen molar-refractivity contribution in [2.24, 2.45) is 0 Å². The number of fused-ring (bicyclic) bond motifs is 2. The molecule has 6 N–H and O–H groups in total. The van der Waals surface area contributed by atoms with E-state index in [1.54, 1.807) is 66.5 Å². The van der Waals surface area contributed by atoms with E-state index in [9.17, 15) is 14.9 Å². The van der Waals surface area contributed by atoms with Gasteiger partial charge in [-0.3, -0.25) is 29.5 Å². The predicted molar refractivity (Wildman–Crippen MR) is 267 cm³/mol. The lowest BCUT2D eigenvalue weighted by Crippen LogP contribution is -2.34. The summed E-state index contributed by atoms with van der Waals surface area (Å²) in [5.74, 6) is 1.25. The second kappa shape index (κ2) is 17.6. The average Bonchev–Trinajstić information content (AvgIpc) is 4.32. The van der Waals surface area contributed by atoms with Gasteiger partial charge in [-0.25, -0.2) is 24.9 Å². The molecule has 2 amide bonds. The summed E-state index contributed by atoms with van der Waals surface area (Å²) in [6.07, 6.45) is 16.5. The van der Waals surface area contributed by atoms with E-state index in [1.807, 2.05) is 68.4 Å². The van der Waals surface area contributed by atoms with E-state index in [0.717, 1.165) is 36.8 Å². The van der Waals surface area contributed by atoms with Crippen LogP contribution in [0.5, 0.6) is 0 Å². The van der Waals surface area contributed by atoms with Crippen LogP contribution in [0.2, 0.25) is 0 Å². The molecule has 0 radical (unpaired) electrons. The maximum Gasteiger partial charge on any atom is 0.274 e. The molecule has 2 saturated carbocycles. The van der Waals surface area contributed by atoms with E-state index in [4.69, 9.17) is 19.9 Å². The lowest BCUT2D eigenvalue weighted by molar-refractivity contribution is -0.576. The molecule has 0 bridgehead atoms. The molecule has 2 aliphatic carbocycles. The summed E-state index contributed by atoms with van der Waals surface area (Å²) in [4.78, 5) is 79.7. The Morgan fingerprint density at radius 1 is 0.722 bits per heavy atom. The first-order valence-electron chi connectivity index (χ1n) is 23.1. The molecule has 0 atom stereocenters. The summed E-state index contributed by atoms with van der Waals surface area (Å²) in [7, 11) is 0. The molecule has 10 aromatic rings. The maximum atomic E-state index is 13.5. The van der Waals surface area contributed by atoms with E-state index in [0.29, 0.717) is 114 Å². The van der Waals surface area contributed by atoms with Crippen molar-refractivity contribution in [2.75, 3.05) is 21.3 Å². The van der Waals surface area contributed by atoms with Gasteiger partial charge in [-0.05, 0) is 117 Å². The Hall–Kier alpha value is -9.90. The van der Waals surface area contributed by atoms with Crippen molar-refractivity contribution in [3.05, 3.63) is 157 Å². The normalized spacial score (nSPS) is 13.6. The fourth-order valence-corrected chi connectivity index (χ4v) is 8.62. The summed E-state index contributed by atoms with van der Waals surface area (Å²) in [6, 6.07) is 24.4. The standard InChI is InChI=1S/C52H40N18O2/c1-28-5-8-33(65-51(72)39-18-31(11-16-54-39)30-6-7-30)20-37(28)67-47-36(42-44-48(61-24-58-42)62-25-59-44)9-10-41(69-47)70-27-64-43(45-49(70)63-26-60-45)35-4-3-15-56-46(35)68-38-21-34(22-57-29(38)2)66-50(71)32-12-17-55-40(19-32)52(23-53)13-14-52/h3-5,8-12,15-22,24-27,30H,6-7,13-14H2,1-2H3,(H5,54,55,56,58,59,60,61,62,63,65,66,67,68,69,71,72)/p+1. The van der Waals surface area contributed by atoms with Gasteiger partial charge < -0.3 is 26.3 Å². The molecule has 1 aromatic carbocycles. The average molecular weight is 950 g/mol. The summed E-state index contributed by atoms with van der Waals surface area (Å²) < 4.78 is 1.80. The van der Waals surface area contributed by atoms with Crippen LogP contribution in [0.4, 0.5) is 34.4 Å². The van der Waals surface area contributed by atoms with Gasteiger partial charge in [-0.15, -0.1) is 9.97 Å². The molecule has 350 valence electrons. The van der Waals surface area contributed by atoms with Crippen molar-refractivity contribution in [3.63, 3.8) is 0 Å². The summed E-state index contributed by atoms with van der Waals surface area (Å²) >= 11 is 0. The summed E-state index contributed by atoms with van der Waals surface area (Å²) in [5.41, 5.74) is 10.4. The number of hydrogen-bond donors (Lipinski definition) is 6. The quantitative estimate of drug-likeness (QED) is 0.0594. The number of benzene rings is 1. The minimum atomic E-state index is -0.622. The van der Waals surface area contributed by atoms with Gasteiger partial charge in [0.1, 0.15) is 35.4 Å². The van der Waals surface area contributed by atoms with Gasteiger partial charge in [0, 0.05) is 41.6 Å². The Labute approximate surface area is 409 Å². The highest BCUT2D eigenvalue weighted by Crippen LogP contribution is 2.47. The van der Waals surface area contributed by atoms with Gasteiger partial charge in [-0.1, -0.05) is 6.07 Å². The zero-order valence-corrected chi connectivity index (χ0v) is 38.6. The summed E-state index contributed by atoms with van der Waals surface area (Å²) in [5, 5.41) is 22.6.